The summed E-state index contributed by atoms with van der Waals surface area (Å²) in [5, 5.41) is -0.444. The zero-order valence-corrected chi connectivity index (χ0v) is 15.0. The van der Waals surface area contributed by atoms with Gasteiger partial charge in [-0.25, -0.2) is 18.4 Å². The average molecular weight is 354 g/mol. The highest BCUT2D eigenvalue weighted by atomic mass is 32.2. The monoisotopic (exact) mass is 354 g/mol. The molecule has 0 aliphatic rings. The minimum Gasteiger partial charge on any atom is -0.345 e. The van der Waals surface area contributed by atoms with Crippen molar-refractivity contribution in [1.29, 1.82) is 0 Å². The van der Waals surface area contributed by atoms with Crippen LogP contribution in [0.2, 0.25) is 0 Å². The van der Waals surface area contributed by atoms with Crippen LogP contribution in [-0.4, -0.2) is 33.0 Å². The van der Waals surface area contributed by atoms with E-state index in [4.69, 9.17) is 0 Å². The van der Waals surface area contributed by atoms with Crippen LogP contribution >= 0.6 is 0 Å². The van der Waals surface area contributed by atoms with Gasteiger partial charge in [0.05, 0.1) is 33.1 Å². The smallest absolute Gasteiger partial charge is 0.180 e. The topological polar surface area (TPSA) is 80.1 Å². The molecule has 1 N–H and O–H groups in total. The number of aromatic amines is 1. The number of imidazole rings is 1. The van der Waals surface area contributed by atoms with E-state index in [1.54, 1.807) is 44.3 Å². The van der Waals surface area contributed by atoms with E-state index in [1.165, 1.54) is 0 Å². The molecule has 0 saturated carbocycles. The molecule has 0 radical (unpaired) electrons. The lowest BCUT2D eigenvalue weighted by Gasteiger charge is -2.08. The number of nitrogens with zero attached hydrogens (tertiary/aromatic N) is 3. The van der Waals surface area contributed by atoms with E-state index in [0.717, 1.165) is 33.8 Å². The van der Waals surface area contributed by atoms with Gasteiger partial charge in [-0.2, -0.15) is 0 Å². The Morgan fingerprint density at radius 1 is 1.08 bits per heavy atom. The van der Waals surface area contributed by atoms with Gasteiger partial charge in [0.15, 0.2) is 15.5 Å². The largest absolute Gasteiger partial charge is 0.345 e. The normalized spacial score (nSPS) is 12.5. The molecule has 0 unspecified atom stereocenters. The van der Waals surface area contributed by atoms with Gasteiger partial charge in [0.1, 0.15) is 5.82 Å². The Morgan fingerprint density at radius 2 is 1.80 bits per heavy atom. The van der Waals surface area contributed by atoms with Crippen molar-refractivity contribution in [2.45, 2.75) is 30.9 Å². The number of fused-ring (bicyclic) bond motifs is 3. The quantitative estimate of drug-likeness (QED) is 0.612. The molecule has 3 aromatic heterocycles. The van der Waals surface area contributed by atoms with Gasteiger partial charge in [-0.15, -0.1) is 0 Å². The third-order valence-electron chi connectivity index (χ3n) is 4.42. The fourth-order valence-electron chi connectivity index (χ4n) is 3.02. The maximum atomic E-state index is 12.3. The second kappa shape index (κ2) is 5.42. The first-order chi connectivity index (χ1) is 11.9. The standard InChI is InChI=1S/C18H18N4O2S/c1-11(2)25(23,24)14-6-4-13(5-7-14)17-16-10-20-18-15(8-9-19-18)22(16)12(3)21-17/h4-11,19H,1-3H3. The van der Waals surface area contributed by atoms with Gasteiger partial charge in [-0.1, -0.05) is 12.1 Å². The minimum atomic E-state index is -3.28. The molecular formula is C18H18N4O2S. The maximum Gasteiger partial charge on any atom is 0.180 e. The lowest BCUT2D eigenvalue weighted by Crippen LogP contribution is -2.13. The number of sulfone groups is 1. The fourth-order valence-corrected chi connectivity index (χ4v) is 4.08. The molecule has 4 aromatic rings. The summed E-state index contributed by atoms with van der Waals surface area (Å²) in [6, 6.07) is 8.86. The highest BCUT2D eigenvalue weighted by Gasteiger charge is 2.20. The molecule has 0 amide bonds. The highest BCUT2D eigenvalue weighted by molar-refractivity contribution is 7.92. The molecule has 0 saturated heterocycles. The van der Waals surface area contributed by atoms with Crippen molar-refractivity contribution in [3.05, 3.63) is 48.5 Å². The van der Waals surface area contributed by atoms with Gasteiger partial charge in [-0.05, 0) is 39.0 Å². The minimum absolute atomic E-state index is 0.331. The predicted octanol–water partition coefficient (Wildman–Crippen LogP) is 3.37. The Hall–Kier alpha value is -2.67. The van der Waals surface area contributed by atoms with E-state index in [-0.39, 0.29) is 0 Å². The number of nitrogens with one attached hydrogen (secondary N) is 1. The van der Waals surface area contributed by atoms with Crippen LogP contribution < -0.4 is 0 Å². The highest BCUT2D eigenvalue weighted by Crippen LogP contribution is 2.28. The lowest BCUT2D eigenvalue weighted by atomic mass is 10.1. The van der Waals surface area contributed by atoms with Gasteiger partial charge in [0.2, 0.25) is 0 Å². The number of hydrogen-bond donors (Lipinski definition) is 1. The van der Waals surface area contributed by atoms with Crippen molar-refractivity contribution in [3.8, 4) is 11.3 Å². The molecule has 25 heavy (non-hydrogen) atoms. The van der Waals surface area contributed by atoms with Crippen LogP contribution in [0.25, 0.3) is 27.9 Å². The van der Waals surface area contributed by atoms with Gasteiger partial charge in [0.25, 0.3) is 0 Å². The number of aromatic nitrogens is 4. The summed E-state index contributed by atoms with van der Waals surface area (Å²) in [4.78, 5) is 12.5. The Labute approximate surface area is 145 Å². The van der Waals surface area contributed by atoms with Gasteiger partial charge in [-0.3, -0.25) is 4.40 Å². The van der Waals surface area contributed by atoms with Crippen molar-refractivity contribution in [1.82, 2.24) is 19.4 Å². The first-order valence-corrected chi connectivity index (χ1v) is 9.59. The van der Waals surface area contributed by atoms with Gasteiger partial charge in [0, 0.05) is 11.8 Å². The van der Waals surface area contributed by atoms with Crippen LogP contribution in [0, 0.1) is 6.92 Å². The number of benzene rings is 1. The van der Waals surface area contributed by atoms with Crippen molar-refractivity contribution in [2.75, 3.05) is 0 Å². The molecule has 4 rings (SSSR count). The molecule has 128 valence electrons. The van der Waals surface area contributed by atoms with E-state index < -0.39 is 15.1 Å². The predicted molar refractivity (Wildman–Crippen MR) is 97.3 cm³/mol. The molecule has 0 aliphatic carbocycles. The zero-order valence-electron chi connectivity index (χ0n) is 14.2. The van der Waals surface area contributed by atoms with E-state index in [9.17, 15) is 8.42 Å². The fraction of sp³-hybridized carbons (Fsp3) is 0.222. The Bertz CT molecular complexity index is 1190. The molecule has 0 bridgehead atoms. The summed E-state index contributed by atoms with van der Waals surface area (Å²) in [6.45, 7) is 5.31. The van der Waals surface area contributed by atoms with E-state index in [2.05, 4.69) is 15.0 Å². The summed E-state index contributed by atoms with van der Waals surface area (Å²) in [5.74, 6) is 0.857. The first kappa shape index (κ1) is 15.8. The van der Waals surface area contributed by atoms with Crippen LogP contribution in [0.3, 0.4) is 0 Å². The summed E-state index contributed by atoms with van der Waals surface area (Å²) in [7, 11) is -3.28. The molecule has 0 spiro atoms. The molecule has 7 heteroatoms. The Morgan fingerprint density at radius 3 is 2.48 bits per heavy atom. The zero-order chi connectivity index (χ0) is 17.8. The van der Waals surface area contributed by atoms with E-state index >= 15 is 0 Å². The van der Waals surface area contributed by atoms with Gasteiger partial charge < -0.3 is 4.98 Å². The second-order valence-corrected chi connectivity index (χ2v) is 8.82. The lowest BCUT2D eigenvalue weighted by molar-refractivity contribution is 0.587. The SMILES string of the molecule is Cc1nc(-c2ccc(S(=O)(=O)C(C)C)cc2)c2cnc3[nH]ccc3n12. The molecule has 6 nitrogen and oxygen atoms in total. The third-order valence-corrected chi connectivity index (χ3v) is 6.59. The molecule has 0 fully saturated rings. The van der Waals surface area contributed by atoms with Crippen LogP contribution in [0.1, 0.15) is 19.7 Å². The summed E-state index contributed by atoms with van der Waals surface area (Å²) < 4.78 is 26.6. The molecule has 0 aliphatic heterocycles. The molecule has 3 heterocycles. The Balaban J connectivity index is 1.88. The summed E-state index contributed by atoms with van der Waals surface area (Å²) >= 11 is 0. The van der Waals surface area contributed by atoms with E-state index in [0.29, 0.717) is 4.90 Å². The Kier molecular flexibility index (Phi) is 3.43. The summed E-state index contributed by atoms with van der Waals surface area (Å²) in [5.41, 5.74) is 4.32. The molecular weight excluding hydrogens is 336 g/mol. The molecule has 0 atom stereocenters. The van der Waals surface area contributed by atoms with Crippen LogP contribution in [0.5, 0.6) is 0 Å². The van der Waals surface area contributed by atoms with Crippen molar-refractivity contribution in [3.63, 3.8) is 0 Å². The number of rotatable bonds is 3. The second-order valence-electron chi connectivity index (χ2n) is 6.32. The number of H-pyrrole nitrogens is 1. The average Bonchev–Trinajstić information content (AvgIpc) is 3.19. The van der Waals surface area contributed by atoms with Crippen molar-refractivity contribution < 1.29 is 8.42 Å². The molecule has 1 aromatic carbocycles. The first-order valence-electron chi connectivity index (χ1n) is 8.05. The third kappa shape index (κ3) is 2.34. The van der Waals surface area contributed by atoms with Gasteiger partial charge >= 0.3 is 0 Å². The van der Waals surface area contributed by atoms with E-state index in [1.807, 2.05) is 23.6 Å². The van der Waals surface area contributed by atoms with Crippen molar-refractivity contribution >= 4 is 26.5 Å². The number of hydrogen-bond acceptors (Lipinski definition) is 4. The van der Waals surface area contributed by atoms with Crippen LogP contribution in [-0.2, 0) is 9.84 Å². The van der Waals surface area contributed by atoms with Crippen LogP contribution in [0.15, 0.2) is 47.6 Å². The number of aryl methyl sites for hydroxylation is 1. The van der Waals surface area contributed by atoms with Crippen LogP contribution in [0.4, 0.5) is 0 Å². The maximum absolute atomic E-state index is 12.3. The van der Waals surface area contributed by atoms with Crippen molar-refractivity contribution in [2.24, 2.45) is 0 Å². The summed E-state index contributed by atoms with van der Waals surface area (Å²) in [6.07, 6.45) is 3.63.